The highest BCUT2D eigenvalue weighted by molar-refractivity contribution is 7.25. The van der Waals surface area contributed by atoms with Crippen molar-refractivity contribution in [3.05, 3.63) is 253 Å². The first-order valence-corrected chi connectivity index (χ1v) is 22.0. The van der Waals surface area contributed by atoms with Gasteiger partial charge in [0.1, 0.15) is 0 Å². The molecule has 12 rings (SSSR count). The van der Waals surface area contributed by atoms with Gasteiger partial charge in [-0.15, -0.1) is 11.3 Å². The maximum absolute atomic E-state index is 5.25. The van der Waals surface area contributed by atoms with E-state index in [1.165, 1.54) is 70.2 Å². The SMILES string of the molecule is c1ccc(-c2nc(-c3ccc(-c4ccc(-c5ccc6sc7ccccc7c6c5)cc4)cc3)cc(-c3ccc4c(c3)-c3ccccc3C4(c3ccccc3)c3ccccc3)n2)cc1. The maximum atomic E-state index is 5.25. The average Bonchev–Trinajstić information content (AvgIpc) is 3.88. The molecule has 0 saturated heterocycles. The largest absolute Gasteiger partial charge is 0.228 e. The lowest BCUT2D eigenvalue weighted by molar-refractivity contribution is 0.768. The zero-order chi connectivity index (χ0) is 41.0. The summed E-state index contributed by atoms with van der Waals surface area (Å²) in [7, 11) is 0. The summed E-state index contributed by atoms with van der Waals surface area (Å²) in [4.78, 5) is 10.4. The van der Waals surface area contributed by atoms with Gasteiger partial charge in [-0.3, -0.25) is 0 Å². The highest BCUT2D eigenvalue weighted by atomic mass is 32.1. The Kier molecular flexibility index (Phi) is 8.62. The van der Waals surface area contributed by atoms with Gasteiger partial charge in [0, 0.05) is 36.9 Å². The number of rotatable bonds is 7. The lowest BCUT2D eigenvalue weighted by atomic mass is 9.67. The summed E-state index contributed by atoms with van der Waals surface area (Å²) in [6.45, 7) is 0. The van der Waals surface area contributed by atoms with Gasteiger partial charge in [-0.1, -0.05) is 200 Å². The third-order valence-corrected chi connectivity index (χ3v) is 13.8. The van der Waals surface area contributed by atoms with Crippen molar-refractivity contribution < 1.29 is 0 Å². The quantitative estimate of drug-likeness (QED) is 0.160. The maximum Gasteiger partial charge on any atom is 0.160 e. The van der Waals surface area contributed by atoms with Crippen LogP contribution >= 0.6 is 11.3 Å². The molecule has 0 unspecified atom stereocenters. The first kappa shape index (κ1) is 36.2. The molecular weight excluding hydrogens is 769 g/mol. The first-order valence-electron chi connectivity index (χ1n) is 21.1. The molecule has 0 N–H and O–H groups in total. The number of benzene rings is 9. The Balaban J connectivity index is 0.921. The Bertz CT molecular complexity index is 3390. The molecule has 2 aromatic heterocycles. The van der Waals surface area contributed by atoms with Crippen LogP contribution in [0, 0.1) is 0 Å². The Morgan fingerprint density at radius 1 is 0.306 bits per heavy atom. The van der Waals surface area contributed by atoms with Gasteiger partial charge in [0.15, 0.2) is 5.82 Å². The van der Waals surface area contributed by atoms with Gasteiger partial charge in [-0.2, -0.15) is 0 Å². The van der Waals surface area contributed by atoms with Crippen molar-refractivity contribution in [2.45, 2.75) is 5.41 Å². The molecule has 2 nitrogen and oxygen atoms in total. The van der Waals surface area contributed by atoms with Gasteiger partial charge in [0.05, 0.1) is 16.8 Å². The van der Waals surface area contributed by atoms with Crippen LogP contribution in [0.25, 0.3) is 87.5 Å². The summed E-state index contributed by atoms with van der Waals surface area (Å²) in [6, 6.07) is 83.4. The van der Waals surface area contributed by atoms with Crippen LogP contribution in [0.15, 0.2) is 231 Å². The van der Waals surface area contributed by atoms with Gasteiger partial charge in [-0.05, 0) is 86.0 Å². The van der Waals surface area contributed by atoms with E-state index in [2.05, 4.69) is 212 Å². The van der Waals surface area contributed by atoms with Crippen molar-refractivity contribution >= 4 is 31.5 Å². The molecular formula is C59H38N2S. The Morgan fingerprint density at radius 2 is 0.806 bits per heavy atom. The molecule has 62 heavy (non-hydrogen) atoms. The van der Waals surface area contributed by atoms with Crippen LogP contribution in [0.5, 0.6) is 0 Å². The molecule has 11 aromatic rings. The molecule has 1 aliphatic carbocycles. The van der Waals surface area contributed by atoms with Crippen molar-refractivity contribution in [2.75, 3.05) is 0 Å². The van der Waals surface area contributed by atoms with Crippen LogP contribution in [-0.2, 0) is 5.41 Å². The van der Waals surface area contributed by atoms with E-state index < -0.39 is 5.41 Å². The van der Waals surface area contributed by atoms with E-state index in [1.807, 2.05) is 29.5 Å². The van der Waals surface area contributed by atoms with E-state index in [4.69, 9.17) is 9.97 Å². The molecule has 0 aliphatic heterocycles. The lowest BCUT2D eigenvalue weighted by Crippen LogP contribution is -2.28. The van der Waals surface area contributed by atoms with Gasteiger partial charge in [-0.25, -0.2) is 9.97 Å². The van der Waals surface area contributed by atoms with E-state index in [-0.39, 0.29) is 0 Å². The summed E-state index contributed by atoms with van der Waals surface area (Å²) in [5, 5.41) is 2.64. The van der Waals surface area contributed by atoms with E-state index in [1.54, 1.807) is 0 Å². The Morgan fingerprint density at radius 3 is 1.50 bits per heavy atom. The molecule has 9 aromatic carbocycles. The van der Waals surface area contributed by atoms with Crippen LogP contribution in [-0.4, -0.2) is 9.97 Å². The zero-order valence-corrected chi connectivity index (χ0v) is 34.6. The molecule has 2 heterocycles. The molecule has 0 saturated carbocycles. The van der Waals surface area contributed by atoms with Crippen molar-refractivity contribution in [1.82, 2.24) is 9.97 Å². The van der Waals surface area contributed by atoms with Crippen molar-refractivity contribution in [2.24, 2.45) is 0 Å². The standard InChI is InChI=1S/C59H38N2S/c1-4-14-43(15-5-1)58-60-54(42-30-28-40(29-31-42)39-24-26-41(27-25-39)44-33-35-57-51(36-44)49-21-11-13-23-56(49)62-57)38-55(61-58)45-32-34-53-50(37-45)48-20-10-12-22-52(48)59(53,46-16-6-2-7-17-46)47-18-8-3-9-19-47/h1-38H. The number of thiophene rings is 1. The fraction of sp³-hybridized carbons (Fsp3) is 0.0169. The van der Waals surface area contributed by atoms with E-state index >= 15 is 0 Å². The molecule has 0 fully saturated rings. The number of fused-ring (bicyclic) bond motifs is 6. The van der Waals surface area contributed by atoms with Crippen LogP contribution in [0.1, 0.15) is 22.3 Å². The molecule has 0 spiro atoms. The molecule has 1 aliphatic rings. The van der Waals surface area contributed by atoms with Crippen LogP contribution in [0.2, 0.25) is 0 Å². The Labute approximate surface area is 365 Å². The highest BCUT2D eigenvalue weighted by Gasteiger charge is 2.46. The molecule has 290 valence electrons. The molecule has 0 atom stereocenters. The third-order valence-electron chi connectivity index (χ3n) is 12.6. The second kappa shape index (κ2) is 14.8. The smallest absolute Gasteiger partial charge is 0.160 e. The number of hydrogen-bond donors (Lipinski definition) is 0. The fourth-order valence-corrected chi connectivity index (χ4v) is 10.7. The van der Waals surface area contributed by atoms with Gasteiger partial charge in [0.25, 0.3) is 0 Å². The van der Waals surface area contributed by atoms with E-state index in [0.717, 1.165) is 33.6 Å². The number of nitrogens with zero attached hydrogens (tertiary/aromatic N) is 2. The van der Waals surface area contributed by atoms with Crippen molar-refractivity contribution in [3.63, 3.8) is 0 Å². The summed E-state index contributed by atoms with van der Waals surface area (Å²) in [5.41, 5.74) is 16.7. The fourth-order valence-electron chi connectivity index (χ4n) is 9.66. The monoisotopic (exact) mass is 806 g/mol. The normalized spacial score (nSPS) is 12.6. The summed E-state index contributed by atoms with van der Waals surface area (Å²) < 4.78 is 2.65. The predicted octanol–water partition coefficient (Wildman–Crippen LogP) is 15.5. The molecule has 0 bridgehead atoms. The lowest BCUT2D eigenvalue weighted by Gasteiger charge is -2.33. The van der Waals surface area contributed by atoms with Gasteiger partial charge < -0.3 is 0 Å². The van der Waals surface area contributed by atoms with Gasteiger partial charge >= 0.3 is 0 Å². The highest BCUT2D eigenvalue weighted by Crippen LogP contribution is 2.56. The van der Waals surface area contributed by atoms with Crippen molar-refractivity contribution in [3.8, 4) is 67.3 Å². The van der Waals surface area contributed by atoms with Gasteiger partial charge in [0.2, 0.25) is 0 Å². The second-order valence-electron chi connectivity index (χ2n) is 16.1. The first-order chi connectivity index (χ1) is 30.7. The topological polar surface area (TPSA) is 25.8 Å². The van der Waals surface area contributed by atoms with Crippen molar-refractivity contribution in [1.29, 1.82) is 0 Å². The van der Waals surface area contributed by atoms with Crippen LogP contribution in [0.4, 0.5) is 0 Å². The van der Waals surface area contributed by atoms with Crippen LogP contribution in [0.3, 0.4) is 0 Å². The Hall–Kier alpha value is -7.72. The minimum Gasteiger partial charge on any atom is -0.228 e. The summed E-state index contributed by atoms with van der Waals surface area (Å²) in [6.07, 6.45) is 0. The molecule has 0 amide bonds. The van der Waals surface area contributed by atoms with E-state index in [0.29, 0.717) is 5.82 Å². The number of hydrogen-bond acceptors (Lipinski definition) is 3. The predicted molar refractivity (Wildman–Crippen MR) is 259 cm³/mol. The summed E-state index contributed by atoms with van der Waals surface area (Å²) >= 11 is 1.86. The molecule has 3 heteroatoms. The summed E-state index contributed by atoms with van der Waals surface area (Å²) in [5.74, 6) is 0.704. The molecule has 0 radical (unpaired) electrons. The minimum atomic E-state index is -0.450. The van der Waals surface area contributed by atoms with E-state index in [9.17, 15) is 0 Å². The number of aromatic nitrogens is 2. The third kappa shape index (κ3) is 5.93. The second-order valence-corrected chi connectivity index (χ2v) is 17.2. The minimum absolute atomic E-state index is 0.450. The average molecular weight is 807 g/mol. The van der Waals surface area contributed by atoms with Crippen LogP contribution < -0.4 is 0 Å². The zero-order valence-electron chi connectivity index (χ0n) is 33.7.